The molecule has 33 heavy (non-hydrogen) atoms. The first-order valence-corrected chi connectivity index (χ1v) is 11.4. The number of rotatable bonds is 13. The fraction of sp³-hybridized carbons (Fsp3) is 0.346. The average Bonchev–Trinajstić information content (AvgIpc) is 2.85. The van der Waals surface area contributed by atoms with Crippen LogP contribution in [-0.4, -0.2) is 35.3 Å². The number of nitrogens with zero attached hydrogens (tertiary/aromatic N) is 2. The lowest BCUT2D eigenvalue weighted by Crippen LogP contribution is -2.30. The van der Waals surface area contributed by atoms with Crippen LogP contribution in [0.15, 0.2) is 71.7 Å². The first-order valence-electron chi connectivity index (χ1n) is 11.4. The van der Waals surface area contributed by atoms with Gasteiger partial charge in [0.15, 0.2) is 0 Å². The quantitative estimate of drug-likeness (QED) is 0.305. The number of anilines is 1. The maximum Gasteiger partial charge on any atom is 0.326 e. The van der Waals surface area contributed by atoms with E-state index in [1.807, 2.05) is 67.6 Å². The van der Waals surface area contributed by atoms with Gasteiger partial charge in [-0.15, -0.1) is 0 Å². The van der Waals surface area contributed by atoms with E-state index in [0.29, 0.717) is 31.3 Å². The molecule has 0 saturated carbocycles. The van der Waals surface area contributed by atoms with Crippen molar-refractivity contribution >= 4 is 11.7 Å². The molecule has 0 atom stereocenters. The van der Waals surface area contributed by atoms with Crippen molar-refractivity contribution in [2.45, 2.75) is 39.2 Å². The van der Waals surface area contributed by atoms with Crippen molar-refractivity contribution in [1.82, 2.24) is 9.55 Å². The lowest BCUT2D eigenvalue weighted by molar-refractivity contribution is -0.144. The highest BCUT2D eigenvalue weighted by atomic mass is 16.5. The van der Waals surface area contributed by atoms with Gasteiger partial charge in [-0.2, -0.15) is 0 Å². The molecule has 1 N–H and O–H groups in total. The summed E-state index contributed by atoms with van der Waals surface area (Å²) in [4.78, 5) is 30.0. The third-order valence-corrected chi connectivity index (χ3v) is 5.03. The van der Waals surface area contributed by atoms with Crippen LogP contribution in [0, 0.1) is 0 Å². The van der Waals surface area contributed by atoms with E-state index in [2.05, 4.69) is 10.3 Å². The van der Waals surface area contributed by atoms with Crippen LogP contribution in [0.2, 0.25) is 0 Å². The van der Waals surface area contributed by atoms with E-state index in [0.717, 1.165) is 37.0 Å². The van der Waals surface area contributed by atoms with Crippen molar-refractivity contribution in [1.29, 1.82) is 0 Å². The number of benzene rings is 2. The van der Waals surface area contributed by atoms with Gasteiger partial charge in [-0.1, -0.05) is 61.9 Å². The SMILES string of the molecule is CCCCOC(=O)Cn1c(-c2ccccc2)ncc(NCCCCOc2ccccc2)c1=O. The van der Waals surface area contributed by atoms with Crippen molar-refractivity contribution < 1.29 is 14.3 Å². The summed E-state index contributed by atoms with van der Waals surface area (Å²) in [5.41, 5.74) is 0.831. The van der Waals surface area contributed by atoms with Crippen LogP contribution in [0.1, 0.15) is 32.6 Å². The fourth-order valence-corrected chi connectivity index (χ4v) is 3.24. The minimum atomic E-state index is -0.445. The second kappa shape index (κ2) is 13.1. The molecule has 0 aliphatic rings. The molecule has 1 heterocycles. The van der Waals surface area contributed by atoms with Gasteiger partial charge in [0.2, 0.25) is 0 Å². The highest BCUT2D eigenvalue weighted by molar-refractivity contribution is 5.70. The van der Waals surface area contributed by atoms with Crippen molar-refractivity contribution in [3.63, 3.8) is 0 Å². The molecule has 0 radical (unpaired) electrons. The number of hydrogen-bond donors (Lipinski definition) is 1. The van der Waals surface area contributed by atoms with Gasteiger partial charge >= 0.3 is 5.97 Å². The first kappa shape index (κ1) is 24.0. The lowest BCUT2D eigenvalue weighted by atomic mass is 10.2. The molecule has 2 aromatic carbocycles. The van der Waals surface area contributed by atoms with Crippen molar-refractivity contribution in [3.8, 4) is 17.1 Å². The van der Waals surface area contributed by atoms with E-state index in [1.54, 1.807) is 0 Å². The normalized spacial score (nSPS) is 10.6. The van der Waals surface area contributed by atoms with Gasteiger partial charge in [-0.05, 0) is 31.4 Å². The Kier molecular flexibility index (Phi) is 9.51. The van der Waals surface area contributed by atoms with Crippen LogP contribution in [-0.2, 0) is 16.1 Å². The molecule has 7 nitrogen and oxygen atoms in total. The molecule has 0 aliphatic heterocycles. The predicted molar refractivity (Wildman–Crippen MR) is 129 cm³/mol. The molecule has 0 amide bonds. The molecule has 0 fully saturated rings. The highest BCUT2D eigenvalue weighted by Gasteiger charge is 2.15. The monoisotopic (exact) mass is 449 g/mol. The topological polar surface area (TPSA) is 82.5 Å². The molecule has 0 bridgehead atoms. The number of carbonyl (C=O) groups is 1. The van der Waals surface area contributed by atoms with Crippen molar-refractivity contribution in [2.75, 3.05) is 25.1 Å². The molecule has 3 rings (SSSR count). The van der Waals surface area contributed by atoms with Crippen LogP contribution < -0.4 is 15.6 Å². The lowest BCUT2D eigenvalue weighted by Gasteiger charge is -2.14. The average molecular weight is 450 g/mol. The zero-order valence-electron chi connectivity index (χ0n) is 19.0. The molecule has 0 spiro atoms. The smallest absolute Gasteiger partial charge is 0.326 e. The molecular formula is C26H31N3O4. The Morgan fingerprint density at radius 3 is 2.42 bits per heavy atom. The Hall–Kier alpha value is -3.61. The summed E-state index contributed by atoms with van der Waals surface area (Å²) in [5.74, 6) is 0.842. The van der Waals surface area contributed by atoms with Crippen molar-refractivity contribution in [3.05, 3.63) is 77.2 Å². The number of esters is 1. The van der Waals surface area contributed by atoms with E-state index in [9.17, 15) is 9.59 Å². The van der Waals surface area contributed by atoms with E-state index in [4.69, 9.17) is 9.47 Å². The number of para-hydroxylation sites is 1. The van der Waals surface area contributed by atoms with Gasteiger partial charge in [0, 0.05) is 12.1 Å². The standard InChI is InChI=1S/C26H31N3O4/c1-2-3-17-33-24(30)20-29-25(21-12-6-4-7-13-21)28-19-23(26(29)31)27-16-10-11-18-32-22-14-8-5-9-15-22/h4-9,12-15,19,27H,2-3,10-11,16-18,20H2,1H3. The van der Waals surface area contributed by atoms with E-state index < -0.39 is 5.97 Å². The van der Waals surface area contributed by atoms with Gasteiger partial charge in [0.05, 0.1) is 19.4 Å². The van der Waals surface area contributed by atoms with Crippen LogP contribution in [0.4, 0.5) is 5.69 Å². The minimum Gasteiger partial charge on any atom is -0.494 e. The molecule has 3 aromatic rings. The van der Waals surface area contributed by atoms with E-state index >= 15 is 0 Å². The van der Waals surface area contributed by atoms with Gasteiger partial charge < -0.3 is 14.8 Å². The number of unbranched alkanes of at least 4 members (excludes halogenated alkanes) is 2. The van der Waals surface area contributed by atoms with Gasteiger partial charge in [-0.25, -0.2) is 4.98 Å². The number of hydrogen-bond acceptors (Lipinski definition) is 6. The van der Waals surface area contributed by atoms with Crippen molar-refractivity contribution in [2.24, 2.45) is 0 Å². The Morgan fingerprint density at radius 2 is 1.70 bits per heavy atom. The highest BCUT2D eigenvalue weighted by Crippen LogP contribution is 2.16. The Bertz CT molecular complexity index is 1050. The maximum absolute atomic E-state index is 13.2. The number of carbonyl (C=O) groups excluding carboxylic acids is 1. The van der Waals surface area contributed by atoms with Gasteiger partial charge in [-0.3, -0.25) is 14.2 Å². The molecule has 0 saturated heterocycles. The second-order valence-corrected chi connectivity index (χ2v) is 7.62. The van der Waals surface area contributed by atoms with E-state index in [1.165, 1.54) is 10.8 Å². The van der Waals surface area contributed by atoms with Gasteiger partial charge in [0.25, 0.3) is 5.56 Å². The summed E-state index contributed by atoms with van der Waals surface area (Å²) in [6, 6.07) is 19.0. The molecule has 7 heteroatoms. The van der Waals surface area contributed by atoms with Crippen LogP contribution >= 0.6 is 0 Å². The molecule has 0 unspecified atom stereocenters. The Balaban J connectivity index is 1.63. The second-order valence-electron chi connectivity index (χ2n) is 7.62. The zero-order chi connectivity index (χ0) is 23.3. The summed E-state index contributed by atoms with van der Waals surface area (Å²) in [6.45, 7) is 3.39. The maximum atomic E-state index is 13.2. The van der Waals surface area contributed by atoms with Crippen LogP contribution in [0.25, 0.3) is 11.4 Å². The fourth-order valence-electron chi connectivity index (χ4n) is 3.24. The minimum absolute atomic E-state index is 0.180. The number of nitrogens with one attached hydrogen (secondary N) is 1. The summed E-state index contributed by atoms with van der Waals surface area (Å²) < 4.78 is 12.3. The predicted octanol–water partition coefficient (Wildman–Crippen LogP) is 4.52. The molecule has 0 aliphatic carbocycles. The number of ether oxygens (including phenoxy) is 2. The van der Waals surface area contributed by atoms with Crippen LogP contribution in [0.3, 0.4) is 0 Å². The Morgan fingerprint density at radius 1 is 0.970 bits per heavy atom. The summed E-state index contributed by atoms with van der Waals surface area (Å²) in [7, 11) is 0. The van der Waals surface area contributed by atoms with Crippen LogP contribution in [0.5, 0.6) is 5.75 Å². The summed E-state index contributed by atoms with van der Waals surface area (Å²) in [6.07, 6.45) is 4.92. The molecular weight excluding hydrogens is 418 g/mol. The largest absolute Gasteiger partial charge is 0.494 e. The molecule has 174 valence electrons. The third-order valence-electron chi connectivity index (χ3n) is 5.03. The zero-order valence-corrected chi connectivity index (χ0v) is 19.0. The Labute approximate surface area is 194 Å². The third kappa shape index (κ3) is 7.49. The first-order chi connectivity index (χ1) is 16.2. The number of aromatic nitrogens is 2. The summed E-state index contributed by atoms with van der Waals surface area (Å²) in [5, 5.41) is 3.15. The molecule has 1 aromatic heterocycles. The summed E-state index contributed by atoms with van der Waals surface area (Å²) >= 11 is 0. The van der Waals surface area contributed by atoms with Gasteiger partial charge in [0.1, 0.15) is 23.8 Å². The van der Waals surface area contributed by atoms with E-state index in [-0.39, 0.29) is 12.1 Å².